The molecule has 0 spiro atoms. The number of rotatable bonds is 8. The van der Waals surface area contributed by atoms with Crippen LogP contribution in [0.1, 0.15) is 78.2 Å². The maximum absolute atomic E-state index is 13.9. The first-order valence-electron chi connectivity index (χ1n) is 14.7. The normalized spacial score (nSPS) is 19.5. The van der Waals surface area contributed by atoms with Gasteiger partial charge < -0.3 is 14.4 Å². The van der Waals surface area contributed by atoms with Crippen LogP contribution >= 0.6 is 0 Å². The molecule has 0 saturated heterocycles. The maximum atomic E-state index is 13.9. The van der Waals surface area contributed by atoms with Gasteiger partial charge in [-0.1, -0.05) is 40.7 Å². The second kappa shape index (κ2) is 11.2. The fraction of sp³-hybridized carbons (Fsp3) is 0.455. The van der Waals surface area contributed by atoms with E-state index in [0.717, 1.165) is 29.9 Å². The predicted molar refractivity (Wildman–Crippen MR) is 163 cm³/mol. The molecule has 44 heavy (non-hydrogen) atoms. The van der Waals surface area contributed by atoms with Crippen molar-refractivity contribution in [2.24, 2.45) is 10.8 Å². The van der Waals surface area contributed by atoms with E-state index in [2.05, 4.69) is 39.5 Å². The van der Waals surface area contributed by atoms with Gasteiger partial charge in [-0.2, -0.15) is 0 Å². The highest BCUT2D eigenvalue weighted by Gasteiger charge is 2.49. The largest absolute Gasteiger partial charge is 0.493 e. The summed E-state index contributed by atoms with van der Waals surface area (Å²) in [7, 11) is 1.43. The van der Waals surface area contributed by atoms with Gasteiger partial charge in [0, 0.05) is 53.9 Å². The van der Waals surface area contributed by atoms with Crippen molar-refractivity contribution in [3.8, 4) is 17.2 Å². The summed E-state index contributed by atoms with van der Waals surface area (Å²) in [6.45, 7) is 11.2. The average molecular weight is 604 g/mol. The molecule has 0 amide bonds. The molecule has 0 radical (unpaired) electrons. The van der Waals surface area contributed by atoms with E-state index in [4.69, 9.17) is 9.47 Å². The van der Waals surface area contributed by atoms with Gasteiger partial charge in [-0.3, -0.25) is 29.8 Å². The molecule has 2 aromatic carbocycles. The molecular formula is C33H37N3O8. The van der Waals surface area contributed by atoms with Gasteiger partial charge >= 0.3 is 5.69 Å². The van der Waals surface area contributed by atoms with E-state index in [0.29, 0.717) is 48.9 Å². The number of methoxy groups -OCH3 is 1. The molecule has 0 bridgehead atoms. The number of Topliss-reactive ketones (excluding diaryl/α,β-unsaturated/α-hetero) is 2. The highest BCUT2D eigenvalue weighted by atomic mass is 16.6. The van der Waals surface area contributed by atoms with E-state index in [9.17, 15) is 29.8 Å². The minimum absolute atomic E-state index is 0.0207. The summed E-state index contributed by atoms with van der Waals surface area (Å²) in [6, 6.07) is 8.20. The molecule has 5 rings (SSSR count). The van der Waals surface area contributed by atoms with Gasteiger partial charge in [-0.05, 0) is 53.9 Å². The minimum Gasteiger partial charge on any atom is -0.493 e. The number of hydrogen-bond donors (Lipinski definition) is 0. The number of nitro benzene ring substituents is 2. The number of carbonyl (C=O) groups is 2. The monoisotopic (exact) mass is 603 g/mol. The maximum Gasteiger partial charge on any atom is 0.318 e. The molecule has 1 aliphatic heterocycles. The van der Waals surface area contributed by atoms with E-state index < -0.39 is 27.1 Å². The Labute approximate surface area is 255 Å². The lowest BCUT2D eigenvalue weighted by Gasteiger charge is -2.49. The van der Waals surface area contributed by atoms with Gasteiger partial charge in [0.05, 0.1) is 23.0 Å². The summed E-state index contributed by atoms with van der Waals surface area (Å²) in [5.41, 5.74) is 2.47. The third-order valence-corrected chi connectivity index (χ3v) is 8.56. The molecule has 2 aliphatic carbocycles. The molecule has 11 heteroatoms. The van der Waals surface area contributed by atoms with E-state index in [1.807, 2.05) is 0 Å². The molecule has 0 unspecified atom stereocenters. The summed E-state index contributed by atoms with van der Waals surface area (Å²) < 4.78 is 11.5. The second-order valence-electron chi connectivity index (χ2n) is 13.4. The fourth-order valence-electron chi connectivity index (χ4n) is 6.79. The van der Waals surface area contributed by atoms with Gasteiger partial charge in [0.1, 0.15) is 0 Å². The summed E-state index contributed by atoms with van der Waals surface area (Å²) in [5.74, 6) is -0.351. The van der Waals surface area contributed by atoms with Crippen LogP contribution in [0, 0.1) is 31.1 Å². The summed E-state index contributed by atoms with van der Waals surface area (Å²) in [6.07, 6.45) is 3.01. The highest BCUT2D eigenvalue weighted by molar-refractivity contribution is 6.06. The van der Waals surface area contributed by atoms with Crippen LogP contribution in [0.2, 0.25) is 0 Å². The van der Waals surface area contributed by atoms with Crippen molar-refractivity contribution in [2.45, 2.75) is 72.6 Å². The van der Waals surface area contributed by atoms with E-state index in [1.54, 1.807) is 18.2 Å². The number of nitrogens with zero attached hydrogens (tertiary/aromatic N) is 3. The van der Waals surface area contributed by atoms with E-state index in [-0.39, 0.29) is 39.6 Å². The average Bonchev–Trinajstić information content (AvgIpc) is 2.92. The first-order valence-corrected chi connectivity index (χ1v) is 14.7. The first kappa shape index (κ1) is 30.9. The van der Waals surface area contributed by atoms with Crippen LogP contribution < -0.4 is 9.47 Å². The number of ketones is 2. The first-order chi connectivity index (χ1) is 20.7. The zero-order chi connectivity index (χ0) is 32.1. The lowest BCUT2D eigenvalue weighted by Crippen LogP contribution is -2.44. The van der Waals surface area contributed by atoms with Crippen molar-refractivity contribution >= 4 is 22.9 Å². The Bertz CT molecular complexity index is 1600. The quantitative estimate of drug-likeness (QED) is 0.223. The fourth-order valence-corrected chi connectivity index (χ4v) is 6.79. The summed E-state index contributed by atoms with van der Waals surface area (Å²) in [4.78, 5) is 51.5. The Balaban J connectivity index is 1.65. The molecule has 1 heterocycles. The molecule has 0 aromatic heterocycles. The number of allylic oxidation sites excluding steroid dienone is 4. The lowest BCUT2D eigenvalue weighted by molar-refractivity contribution is -0.394. The Hall–Kier alpha value is -4.54. The Morgan fingerprint density at radius 3 is 1.89 bits per heavy atom. The van der Waals surface area contributed by atoms with Crippen LogP contribution in [0.5, 0.6) is 17.2 Å². The number of hydrogen-bond acceptors (Lipinski definition) is 9. The SMILES string of the molecule is CCCN1C2=C(C(=O)CC(C)(C)C2)C(c2ccc(Oc3ccc([N+](=O)[O-])cc3[N+](=O)[O-])c(OC)c2)C2=C1CC(C)(C)CC2=O. The van der Waals surface area contributed by atoms with Crippen molar-refractivity contribution < 1.29 is 28.9 Å². The molecule has 2 aromatic rings. The Morgan fingerprint density at radius 2 is 1.39 bits per heavy atom. The Kier molecular flexibility index (Phi) is 7.86. The molecule has 232 valence electrons. The van der Waals surface area contributed by atoms with Gasteiger partial charge in [0.25, 0.3) is 5.69 Å². The number of nitro groups is 2. The van der Waals surface area contributed by atoms with Crippen molar-refractivity contribution in [1.82, 2.24) is 4.90 Å². The number of non-ortho nitro benzene ring substituents is 1. The Morgan fingerprint density at radius 1 is 0.818 bits per heavy atom. The third-order valence-electron chi connectivity index (χ3n) is 8.56. The third kappa shape index (κ3) is 5.58. The number of ether oxygens (including phenoxy) is 2. The zero-order valence-corrected chi connectivity index (χ0v) is 25.9. The topological polar surface area (TPSA) is 142 Å². The van der Waals surface area contributed by atoms with Crippen LogP contribution in [-0.4, -0.2) is 40.0 Å². The smallest absolute Gasteiger partial charge is 0.318 e. The van der Waals surface area contributed by atoms with E-state index in [1.165, 1.54) is 13.2 Å². The summed E-state index contributed by atoms with van der Waals surface area (Å²) in [5, 5.41) is 22.9. The highest BCUT2D eigenvalue weighted by Crippen LogP contribution is 2.55. The van der Waals surface area contributed by atoms with Gasteiger partial charge in [-0.25, -0.2) is 0 Å². The second-order valence-corrected chi connectivity index (χ2v) is 13.4. The molecule has 3 aliphatic rings. The predicted octanol–water partition coefficient (Wildman–Crippen LogP) is 7.40. The van der Waals surface area contributed by atoms with Crippen LogP contribution in [0.3, 0.4) is 0 Å². The summed E-state index contributed by atoms with van der Waals surface area (Å²) >= 11 is 0. The lowest BCUT2D eigenvalue weighted by atomic mass is 9.63. The van der Waals surface area contributed by atoms with Crippen molar-refractivity contribution in [1.29, 1.82) is 0 Å². The molecular weight excluding hydrogens is 566 g/mol. The minimum atomic E-state index is -0.748. The van der Waals surface area contributed by atoms with Crippen LogP contribution in [-0.2, 0) is 9.59 Å². The van der Waals surface area contributed by atoms with Gasteiger partial charge in [0.2, 0.25) is 5.75 Å². The standard InChI is InChI=1S/C33H37N3O8/c1-7-12-34-22-15-32(2,3)17-24(37)30(22)29(31-23(34)16-33(4,5)18-25(31)38)19-8-10-27(28(13-19)43-6)44-26-11-9-20(35(39)40)14-21(26)36(41)42/h8-11,13-14,29H,7,12,15-18H2,1-6H3. The van der Waals surface area contributed by atoms with Crippen LogP contribution in [0.4, 0.5) is 11.4 Å². The van der Waals surface area contributed by atoms with Crippen molar-refractivity contribution in [3.63, 3.8) is 0 Å². The molecule has 0 fully saturated rings. The zero-order valence-electron chi connectivity index (χ0n) is 25.9. The van der Waals surface area contributed by atoms with E-state index >= 15 is 0 Å². The molecule has 0 N–H and O–H groups in total. The molecule has 0 saturated carbocycles. The van der Waals surface area contributed by atoms with Crippen molar-refractivity contribution in [2.75, 3.05) is 13.7 Å². The molecule has 11 nitrogen and oxygen atoms in total. The van der Waals surface area contributed by atoms with Crippen LogP contribution in [0.25, 0.3) is 0 Å². The van der Waals surface area contributed by atoms with Gasteiger partial charge in [0.15, 0.2) is 23.1 Å². The number of benzene rings is 2. The van der Waals surface area contributed by atoms with Gasteiger partial charge in [-0.15, -0.1) is 0 Å². The molecule has 0 atom stereocenters. The van der Waals surface area contributed by atoms with Crippen LogP contribution in [0.15, 0.2) is 58.9 Å². The number of carbonyl (C=O) groups excluding carboxylic acids is 2. The van der Waals surface area contributed by atoms with Crippen molar-refractivity contribution in [3.05, 3.63) is 84.7 Å².